The zero-order valence-corrected chi connectivity index (χ0v) is 12.6. The van der Waals surface area contributed by atoms with Crippen LogP contribution in [0.2, 0.25) is 0 Å². The van der Waals surface area contributed by atoms with Crippen molar-refractivity contribution in [2.45, 2.75) is 31.8 Å². The van der Waals surface area contributed by atoms with Gasteiger partial charge in [-0.25, -0.2) is 0 Å². The Hall–Kier alpha value is -1.13. The van der Waals surface area contributed by atoms with Crippen LogP contribution in [0.1, 0.15) is 30.4 Å². The van der Waals surface area contributed by atoms with Crippen molar-refractivity contribution >= 4 is 32.4 Å². The minimum absolute atomic E-state index is 0.261. The molecular formula is C16H15BrN2O. The third-order valence-electron chi connectivity index (χ3n) is 5.64. The lowest BCUT2D eigenvalue weighted by Gasteiger charge is -2.34. The van der Waals surface area contributed by atoms with Crippen LogP contribution >= 0.6 is 15.9 Å². The highest BCUT2D eigenvalue weighted by atomic mass is 79.9. The van der Waals surface area contributed by atoms with Crippen LogP contribution in [-0.2, 0) is 6.42 Å². The zero-order valence-electron chi connectivity index (χ0n) is 11.0. The predicted octanol–water partition coefficient (Wildman–Crippen LogP) is 3.39. The summed E-state index contributed by atoms with van der Waals surface area (Å²) in [5.74, 6) is 0.433. The first kappa shape index (κ1) is 11.5. The number of H-pyrrole nitrogens is 1. The summed E-state index contributed by atoms with van der Waals surface area (Å²) in [6.07, 6.45) is 6.21. The first-order valence-corrected chi connectivity index (χ1v) is 8.02. The van der Waals surface area contributed by atoms with E-state index in [4.69, 9.17) is 0 Å². The highest BCUT2D eigenvalue weighted by Crippen LogP contribution is 2.64. The van der Waals surface area contributed by atoms with Crippen molar-refractivity contribution in [3.05, 3.63) is 33.9 Å². The van der Waals surface area contributed by atoms with Crippen LogP contribution in [0.5, 0.6) is 0 Å². The summed E-state index contributed by atoms with van der Waals surface area (Å²) in [5, 5.41) is 19.0. The van der Waals surface area contributed by atoms with Gasteiger partial charge in [-0.2, -0.15) is 5.10 Å². The normalized spacial score (nSPS) is 34.7. The fourth-order valence-corrected chi connectivity index (χ4v) is 5.78. The van der Waals surface area contributed by atoms with Crippen molar-refractivity contribution in [2.75, 3.05) is 0 Å². The number of hydrogen-bond donors (Lipinski definition) is 2. The number of aliphatic hydroxyl groups excluding tert-OH is 1. The highest BCUT2D eigenvalue weighted by Gasteiger charge is 2.54. The van der Waals surface area contributed by atoms with E-state index in [1.54, 1.807) is 0 Å². The summed E-state index contributed by atoms with van der Waals surface area (Å²) >= 11 is 3.71. The summed E-state index contributed by atoms with van der Waals surface area (Å²) in [7, 11) is 0. The van der Waals surface area contributed by atoms with E-state index >= 15 is 0 Å². The molecule has 2 bridgehead atoms. The summed E-state index contributed by atoms with van der Waals surface area (Å²) in [5.41, 5.74) is 5.49. The van der Waals surface area contributed by atoms with Crippen LogP contribution in [0.3, 0.4) is 0 Å². The van der Waals surface area contributed by atoms with E-state index in [9.17, 15) is 5.11 Å². The van der Waals surface area contributed by atoms with E-state index in [-0.39, 0.29) is 11.5 Å². The van der Waals surface area contributed by atoms with Crippen LogP contribution in [-0.4, -0.2) is 21.4 Å². The molecule has 102 valence electrons. The quantitative estimate of drug-likeness (QED) is 0.777. The maximum Gasteiger partial charge on any atom is 0.0886 e. The number of rotatable bonds is 0. The molecule has 1 fully saturated rings. The van der Waals surface area contributed by atoms with Crippen molar-refractivity contribution in [1.82, 2.24) is 10.2 Å². The van der Waals surface area contributed by atoms with E-state index < -0.39 is 0 Å². The summed E-state index contributed by atoms with van der Waals surface area (Å²) < 4.78 is 1.04. The number of aliphatic hydroxyl groups is 1. The smallest absolute Gasteiger partial charge is 0.0886 e. The minimum atomic E-state index is -0.313. The Kier molecular flexibility index (Phi) is 2.04. The van der Waals surface area contributed by atoms with Crippen LogP contribution < -0.4 is 0 Å². The molecule has 3 aliphatic rings. The van der Waals surface area contributed by atoms with Crippen molar-refractivity contribution in [3.63, 3.8) is 0 Å². The number of nitrogens with zero attached hydrogens (tertiary/aromatic N) is 1. The van der Waals surface area contributed by atoms with Gasteiger partial charge in [-0.1, -0.05) is 22.0 Å². The lowest BCUT2D eigenvalue weighted by atomic mass is 9.74. The van der Waals surface area contributed by atoms with Crippen LogP contribution in [0.4, 0.5) is 0 Å². The molecular weight excluding hydrogens is 316 g/mol. The predicted molar refractivity (Wildman–Crippen MR) is 81.4 cm³/mol. The van der Waals surface area contributed by atoms with Gasteiger partial charge in [0.25, 0.3) is 0 Å². The van der Waals surface area contributed by atoms with E-state index in [0.29, 0.717) is 5.92 Å². The Morgan fingerprint density at radius 1 is 1.40 bits per heavy atom. The first-order chi connectivity index (χ1) is 9.70. The number of aromatic nitrogens is 2. The molecule has 2 aromatic rings. The molecule has 3 nitrogen and oxygen atoms in total. The second-order valence-corrected chi connectivity index (χ2v) is 7.41. The molecule has 5 rings (SSSR count). The number of aromatic amines is 1. The molecule has 3 aliphatic carbocycles. The van der Waals surface area contributed by atoms with Crippen molar-refractivity contribution < 1.29 is 5.11 Å². The fourth-order valence-electron chi connectivity index (χ4n) is 4.77. The summed E-state index contributed by atoms with van der Waals surface area (Å²) in [6.45, 7) is 0. The standard InChI is InChI=1S/C16H15BrN2O/c17-14-13-9-1-2-12-11(7-18-19-12)10(9)6-16(13)4-3-8(5-16)15(14)20/h1-2,7-8,15,20H,3-6H2,(H,18,19)/t8-,15+,16-/m0/s1. The molecule has 0 aliphatic heterocycles. The number of benzene rings is 1. The number of halogens is 1. The van der Waals surface area contributed by atoms with Gasteiger partial charge in [-0.05, 0) is 54.4 Å². The minimum Gasteiger partial charge on any atom is -0.388 e. The molecule has 3 atom stereocenters. The maximum atomic E-state index is 10.5. The topological polar surface area (TPSA) is 48.9 Å². The Labute approximate surface area is 125 Å². The van der Waals surface area contributed by atoms with E-state index in [0.717, 1.165) is 29.3 Å². The van der Waals surface area contributed by atoms with E-state index in [1.165, 1.54) is 28.5 Å². The van der Waals surface area contributed by atoms with Crippen molar-refractivity contribution in [1.29, 1.82) is 0 Å². The molecule has 0 radical (unpaired) electrons. The Morgan fingerprint density at radius 3 is 3.20 bits per heavy atom. The highest BCUT2D eigenvalue weighted by molar-refractivity contribution is 9.11. The largest absolute Gasteiger partial charge is 0.388 e. The number of allylic oxidation sites excluding steroid dienone is 1. The molecule has 1 aromatic carbocycles. The van der Waals surface area contributed by atoms with Gasteiger partial charge in [0.2, 0.25) is 0 Å². The molecule has 0 saturated heterocycles. The average Bonchev–Trinajstić information content (AvgIpc) is 3.11. The van der Waals surface area contributed by atoms with Crippen LogP contribution in [0.25, 0.3) is 16.5 Å². The molecule has 20 heavy (non-hydrogen) atoms. The molecule has 1 heterocycles. The number of nitrogens with one attached hydrogen (secondary N) is 1. The molecule has 1 spiro atoms. The molecule has 1 aromatic heterocycles. The molecule has 2 N–H and O–H groups in total. The van der Waals surface area contributed by atoms with Crippen LogP contribution in [0, 0.1) is 11.3 Å². The Morgan fingerprint density at radius 2 is 2.30 bits per heavy atom. The van der Waals surface area contributed by atoms with Gasteiger partial charge in [-0.15, -0.1) is 0 Å². The van der Waals surface area contributed by atoms with Gasteiger partial charge in [0.15, 0.2) is 0 Å². The first-order valence-electron chi connectivity index (χ1n) is 7.23. The number of hydrogen-bond acceptors (Lipinski definition) is 2. The van der Waals surface area contributed by atoms with Gasteiger partial charge in [0, 0.05) is 15.3 Å². The Bertz CT molecular complexity index is 778. The summed E-state index contributed by atoms with van der Waals surface area (Å²) in [4.78, 5) is 0. The van der Waals surface area contributed by atoms with Gasteiger partial charge in [0.05, 0.1) is 17.8 Å². The van der Waals surface area contributed by atoms with Gasteiger partial charge in [0.1, 0.15) is 0 Å². The lowest BCUT2D eigenvalue weighted by Crippen LogP contribution is -2.29. The van der Waals surface area contributed by atoms with Gasteiger partial charge in [-0.3, -0.25) is 5.10 Å². The van der Waals surface area contributed by atoms with E-state index in [2.05, 4.69) is 38.3 Å². The SMILES string of the molecule is O[C@H]1C(Br)=C2c3ccc4[nH]ncc4c3C[C@@]23CC[C@H]1C3. The monoisotopic (exact) mass is 330 g/mol. The fraction of sp³-hybridized carbons (Fsp3) is 0.438. The number of fused-ring (bicyclic) bond motifs is 5. The third kappa shape index (κ3) is 1.19. The van der Waals surface area contributed by atoms with Gasteiger partial charge >= 0.3 is 0 Å². The van der Waals surface area contributed by atoms with Crippen molar-refractivity contribution in [3.8, 4) is 0 Å². The average molecular weight is 331 g/mol. The molecule has 0 unspecified atom stereocenters. The maximum absolute atomic E-state index is 10.5. The van der Waals surface area contributed by atoms with E-state index in [1.807, 2.05) is 6.20 Å². The molecule has 4 heteroatoms. The zero-order chi connectivity index (χ0) is 13.5. The van der Waals surface area contributed by atoms with Gasteiger partial charge < -0.3 is 5.11 Å². The summed E-state index contributed by atoms with van der Waals surface area (Å²) in [6, 6.07) is 4.31. The van der Waals surface area contributed by atoms with Crippen molar-refractivity contribution in [2.24, 2.45) is 11.3 Å². The Balaban J connectivity index is 1.86. The molecule has 1 saturated carbocycles. The third-order valence-corrected chi connectivity index (χ3v) is 6.51. The second kappa shape index (κ2) is 3.55. The second-order valence-electron chi connectivity index (χ2n) is 6.55. The lowest BCUT2D eigenvalue weighted by molar-refractivity contribution is 0.140. The molecule has 0 amide bonds. The van der Waals surface area contributed by atoms with Crippen LogP contribution in [0.15, 0.2) is 22.8 Å².